The van der Waals surface area contributed by atoms with Crippen LogP contribution in [0.3, 0.4) is 0 Å². The van der Waals surface area contributed by atoms with Gasteiger partial charge in [0.25, 0.3) is 0 Å². The molecule has 2 heterocycles. The second kappa shape index (κ2) is 11.8. The summed E-state index contributed by atoms with van der Waals surface area (Å²) in [5.74, 6) is 2.74. The smallest absolute Gasteiger partial charge is 0.191 e. The molecule has 2 aromatic rings. The highest BCUT2D eigenvalue weighted by molar-refractivity contribution is 14.0. The number of rotatable bonds is 7. The highest BCUT2D eigenvalue weighted by Gasteiger charge is 2.21. The van der Waals surface area contributed by atoms with Crippen LogP contribution in [0.25, 0.3) is 0 Å². The zero-order valence-corrected chi connectivity index (χ0v) is 19.0. The zero-order valence-electron chi connectivity index (χ0n) is 16.7. The fraction of sp³-hybridized carbons (Fsp3) is 0.476. The van der Waals surface area contributed by atoms with Crippen LogP contribution >= 0.6 is 24.0 Å². The molecule has 1 atom stereocenters. The van der Waals surface area contributed by atoms with E-state index in [1.54, 1.807) is 13.4 Å². The van der Waals surface area contributed by atoms with Crippen LogP contribution in [-0.2, 0) is 6.42 Å². The topological polar surface area (TPSA) is 62.0 Å². The van der Waals surface area contributed by atoms with E-state index in [0.717, 1.165) is 56.4 Å². The van der Waals surface area contributed by atoms with Crippen LogP contribution in [-0.4, -0.2) is 45.3 Å². The Balaban J connectivity index is 0.00000280. The van der Waals surface area contributed by atoms with Crippen molar-refractivity contribution in [1.29, 1.82) is 0 Å². The molecule has 1 unspecified atom stereocenters. The van der Waals surface area contributed by atoms with Gasteiger partial charge >= 0.3 is 0 Å². The number of hydrogen-bond acceptors (Lipinski definition) is 4. The highest BCUT2D eigenvalue weighted by atomic mass is 127. The Labute approximate surface area is 184 Å². The number of methoxy groups -OCH3 is 1. The summed E-state index contributed by atoms with van der Waals surface area (Å²) < 4.78 is 10.7. The molecule has 1 fully saturated rings. The largest absolute Gasteiger partial charge is 0.497 e. The van der Waals surface area contributed by atoms with Gasteiger partial charge in [-0.1, -0.05) is 6.07 Å². The van der Waals surface area contributed by atoms with E-state index in [-0.39, 0.29) is 24.0 Å². The number of ether oxygens (including phenoxy) is 1. The summed E-state index contributed by atoms with van der Waals surface area (Å²) >= 11 is 0. The Morgan fingerprint density at radius 3 is 2.96 bits per heavy atom. The Morgan fingerprint density at radius 1 is 1.32 bits per heavy atom. The molecule has 2 N–H and O–H groups in total. The molecule has 28 heavy (non-hydrogen) atoms. The predicted molar refractivity (Wildman–Crippen MR) is 125 cm³/mol. The van der Waals surface area contributed by atoms with Crippen molar-refractivity contribution < 1.29 is 9.15 Å². The van der Waals surface area contributed by atoms with E-state index in [9.17, 15) is 0 Å². The van der Waals surface area contributed by atoms with Crippen LogP contribution in [0, 0.1) is 0 Å². The maximum absolute atomic E-state index is 5.38. The second-order valence-electron chi connectivity index (χ2n) is 6.72. The normalized spacial score (nSPS) is 17.0. The van der Waals surface area contributed by atoms with E-state index < -0.39 is 0 Å². The highest BCUT2D eigenvalue weighted by Crippen LogP contribution is 2.24. The molecule has 154 valence electrons. The molecular weight excluding hydrogens is 467 g/mol. The molecule has 3 rings (SSSR count). The summed E-state index contributed by atoms with van der Waals surface area (Å²) in [6.07, 6.45) is 4.81. The minimum Gasteiger partial charge on any atom is -0.497 e. The summed E-state index contributed by atoms with van der Waals surface area (Å²) in [5, 5.41) is 6.95. The van der Waals surface area contributed by atoms with Crippen molar-refractivity contribution in [2.75, 3.05) is 38.2 Å². The number of aliphatic imine (C=N–C) groups is 1. The minimum absolute atomic E-state index is 0. The molecule has 6 nitrogen and oxygen atoms in total. The van der Waals surface area contributed by atoms with Gasteiger partial charge in [-0.3, -0.25) is 4.99 Å². The zero-order chi connectivity index (χ0) is 18.9. The van der Waals surface area contributed by atoms with Crippen LogP contribution in [0.5, 0.6) is 5.75 Å². The maximum atomic E-state index is 5.38. The standard InChI is InChI=1S/C21H30N4O2.HI/c1-3-22-21(23-12-11-19-10-6-14-27-19)24-17-7-5-13-25(16-17)18-8-4-9-20(15-18)26-2;/h4,6,8-10,14-15,17H,3,5,7,11-13,16H2,1-2H3,(H2,22,23,24);1H. The van der Waals surface area contributed by atoms with Crippen molar-refractivity contribution in [1.82, 2.24) is 10.6 Å². The predicted octanol–water partition coefficient (Wildman–Crippen LogP) is 3.67. The third-order valence-corrected chi connectivity index (χ3v) is 4.73. The van der Waals surface area contributed by atoms with Gasteiger partial charge in [0.05, 0.1) is 13.4 Å². The molecule has 1 aromatic carbocycles. The molecule has 0 spiro atoms. The number of anilines is 1. The Bertz CT molecular complexity index is 721. The molecule has 1 aromatic heterocycles. The van der Waals surface area contributed by atoms with Gasteiger partial charge in [0, 0.05) is 50.4 Å². The number of hydrogen-bond donors (Lipinski definition) is 2. The SMILES string of the molecule is CCNC(=NCCc1ccco1)NC1CCCN(c2cccc(OC)c2)C1.I. The van der Waals surface area contributed by atoms with Crippen LogP contribution in [0.1, 0.15) is 25.5 Å². The molecule has 1 saturated heterocycles. The quantitative estimate of drug-likeness (QED) is 0.347. The third kappa shape index (κ3) is 6.61. The molecule has 1 aliphatic heterocycles. The summed E-state index contributed by atoms with van der Waals surface area (Å²) in [6, 6.07) is 12.6. The fourth-order valence-electron chi connectivity index (χ4n) is 3.38. The first-order valence-corrected chi connectivity index (χ1v) is 9.74. The van der Waals surface area contributed by atoms with Gasteiger partial charge in [0.2, 0.25) is 0 Å². The Hall–Kier alpha value is -1.90. The van der Waals surface area contributed by atoms with Gasteiger partial charge in [0.1, 0.15) is 11.5 Å². The van der Waals surface area contributed by atoms with Crippen LogP contribution in [0.4, 0.5) is 5.69 Å². The third-order valence-electron chi connectivity index (χ3n) is 4.73. The van der Waals surface area contributed by atoms with E-state index in [1.807, 2.05) is 24.3 Å². The molecule has 0 radical (unpaired) electrons. The van der Waals surface area contributed by atoms with Gasteiger partial charge in [-0.25, -0.2) is 0 Å². The second-order valence-corrected chi connectivity index (χ2v) is 6.72. The average molecular weight is 498 g/mol. The van der Waals surface area contributed by atoms with Crippen molar-refractivity contribution >= 4 is 35.6 Å². The Morgan fingerprint density at radius 2 is 2.21 bits per heavy atom. The molecule has 0 saturated carbocycles. The first-order chi connectivity index (χ1) is 13.3. The molecule has 0 aliphatic carbocycles. The molecule has 0 bridgehead atoms. The number of piperidine rings is 1. The number of furan rings is 1. The Kier molecular flexibility index (Phi) is 9.46. The lowest BCUT2D eigenvalue weighted by molar-refractivity contribution is 0.414. The molecule has 1 aliphatic rings. The van der Waals surface area contributed by atoms with Crippen molar-refractivity contribution in [3.05, 3.63) is 48.4 Å². The summed E-state index contributed by atoms with van der Waals surface area (Å²) in [7, 11) is 1.71. The summed E-state index contributed by atoms with van der Waals surface area (Å²) in [4.78, 5) is 7.12. The van der Waals surface area contributed by atoms with Crippen molar-refractivity contribution in [2.24, 2.45) is 4.99 Å². The van der Waals surface area contributed by atoms with Crippen LogP contribution in [0.2, 0.25) is 0 Å². The number of guanidine groups is 1. The van der Waals surface area contributed by atoms with Crippen LogP contribution in [0.15, 0.2) is 52.1 Å². The summed E-state index contributed by atoms with van der Waals surface area (Å²) in [6.45, 7) is 5.66. The molecule has 0 amide bonds. The first-order valence-electron chi connectivity index (χ1n) is 9.74. The lowest BCUT2D eigenvalue weighted by Gasteiger charge is -2.35. The van der Waals surface area contributed by atoms with E-state index in [2.05, 4.69) is 34.6 Å². The van der Waals surface area contributed by atoms with Crippen molar-refractivity contribution in [2.45, 2.75) is 32.2 Å². The average Bonchev–Trinajstić information content (AvgIpc) is 3.22. The van der Waals surface area contributed by atoms with E-state index in [0.29, 0.717) is 12.6 Å². The van der Waals surface area contributed by atoms with Crippen molar-refractivity contribution in [3.8, 4) is 5.75 Å². The number of nitrogens with one attached hydrogen (secondary N) is 2. The summed E-state index contributed by atoms with van der Waals surface area (Å²) in [5.41, 5.74) is 1.21. The lowest BCUT2D eigenvalue weighted by Crippen LogP contribution is -2.51. The van der Waals surface area contributed by atoms with Gasteiger partial charge in [0.15, 0.2) is 5.96 Å². The fourth-order valence-corrected chi connectivity index (χ4v) is 3.38. The van der Waals surface area contributed by atoms with Crippen molar-refractivity contribution in [3.63, 3.8) is 0 Å². The van der Waals surface area contributed by atoms with E-state index in [4.69, 9.17) is 14.1 Å². The first kappa shape index (κ1) is 22.4. The van der Waals surface area contributed by atoms with Gasteiger partial charge in [-0.15, -0.1) is 24.0 Å². The van der Waals surface area contributed by atoms with Gasteiger partial charge in [-0.2, -0.15) is 0 Å². The minimum atomic E-state index is 0. The molecule has 7 heteroatoms. The van der Waals surface area contributed by atoms with Gasteiger partial charge in [-0.05, 0) is 44.0 Å². The van der Waals surface area contributed by atoms with Crippen LogP contribution < -0.4 is 20.3 Å². The lowest BCUT2D eigenvalue weighted by atomic mass is 10.0. The maximum Gasteiger partial charge on any atom is 0.191 e. The number of halogens is 1. The van der Waals surface area contributed by atoms with E-state index in [1.165, 1.54) is 5.69 Å². The van der Waals surface area contributed by atoms with Gasteiger partial charge < -0.3 is 24.7 Å². The number of benzene rings is 1. The van der Waals surface area contributed by atoms with E-state index >= 15 is 0 Å². The molecular formula is C21H31IN4O2. The number of nitrogens with zero attached hydrogens (tertiary/aromatic N) is 2. The monoisotopic (exact) mass is 498 g/mol.